The van der Waals surface area contributed by atoms with Gasteiger partial charge in [0.2, 0.25) is 20.0 Å². The summed E-state index contributed by atoms with van der Waals surface area (Å²) in [4.78, 5) is 0.173. The van der Waals surface area contributed by atoms with Gasteiger partial charge in [0.15, 0.2) is 0 Å². The summed E-state index contributed by atoms with van der Waals surface area (Å²) in [5, 5.41) is 0. The Morgan fingerprint density at radius 2 is 1.64 bits per heavy atom. The van der Waals surface area contributed by atoms with E-state index < -0.39 is 20.0 Å². The van der Waals surface area contributed by atoms with Crippen LogP contribution in [-0.4, -0.2) is 58.7 Å². The molecule has 2 heterocycles. The van der Waals surface area contributed by atoms with Crippen LogP contribution in [-0.2, 0) is 24.8 Å². The fraction of sp³-hybridized carbons (Fsp3) is 0.625. The number of sulfonamides is 2. The summed E-state index contributed by atoms with van der Waals surface area (Å²) >= 11 is 0. The van der Waals surface area contributed by atoms with Gasteiger partial charge in [-0.25, -0.2) is 16.8 Å². The summed E-state index contributed by atoms with van der Waals surface area (Å²) < 4.78 is 58.4. The molecule has 0 aromatic heterocycles. The summed E-state index contributed by atoms with van der Waals surface area (Å²) in [6, 6.07) is 6.12. The first-order valence-electron chi connectivity index (χ1n) is 8.46. The van der Waals surface area contributed by atoms with Gasteiger partial charge in [0.25, 0.3) is 0 Å². The molecule has 25 heavy (non-hydrogen) atoms. The van der Waals surface area contributed by atoms with E-state index in [0.717, 1.165) is 6.42 Å². The van der Waals surface area contributed by atoms with Crippen molar-refractivity contribution in [3.05, 3.63) is 24.3 Å². The lowest BCUT2D eigenvalue weighted by Crippen LogP contribution is -2.48. The second-order valence-electron chi connectivity index (χ2n) is 6.67. The van der Waals surface area contributed by atoms with E-state index in [0.29, 0.717) is 31.7 Å². The highest BCUT2D eigenvalue weighted by Gasteiger charge is 2.32. The summed E-state index contributed by atoms with van der Waals surface area (Å²) in [5.41, 5.74) is 0.516. The van der Waals surface area contributed by atoms with Crippen LogP contribution in [0.3, 0.4) is 0 Å². The Balaban J connectivity index is 1.84. The number of morpholine rings is 1. The third-order valence-corrected chi connectivity index (χ3v) is 8.21. The maximum Gasteiger partial charge on any atom is 0.243 e. The van der Waals surface area contributed by atoms with Gasteiger partial charge in [-0.2, -0.15) is 4.31 Å². The zero-order chi connectivity index (χ0) is 18.2. The maximum atomic E-state index is 12.8. The molecule has 2 aliphatic rings. The largest absolute Gasteiger partial charge is 0.373 e. The topological polar surface area (TPSA) is 84.0 Å². The molecule has 9 heteroatoms. The smallest absolute Gasteiger partial charge is 0.243 e. The van der Waals surface area contributed by atoms with Gasteiger partial charge in [-0.15, -0.1) is 0 Å². The van der Waals surface area contributed by atoms with E-state index in [-0.39, 0.29) is 22.9 Å². The molecule has 0 bridgehead atoms. The molecule has 0 radical (unpaired) electrons. The van der Waals surface area contributed by atoms with Crippen molar-refractivity contribution in [3.63, 3.8) is 0 Å². The Hall–Kier alpha value is -1.16. The quantitative estimate of drug-likeness (QED) is 0.782. The predicted molar refractivity (Wildman–Crippen MR) is 95.6 cm³/mol. The third kappa shape index (κ3) is 3.84. The Morgan fingerprint density at radius 3 is 2.20 bits per heavy atom. The number of nitrogens with zero attached hydrogens (tertiary/aromatic N) is 2. The van der Waals surface area contributed by atoms with Gasteiger partial charge in [-0.3, -0.25) is 4.31 Å². The number of hydrogen-bond donors (Lipinski definition) is 0. The molecule has 3 rings (SSSR count). The van der Waals surface area contributed by atoms with E-state index in [4.69, 9.17) is 4.74 Å². The summed E-state index contributed by atoms with van der Waals surface area (Å²) in [6.07, 6.45) is 1.16. The van der Waals surface area contributed by atoms with Crippen molar-refractivity contribution in [3.8, 4) is 0 Å². The molecule has 0 spiro atoms. The third-order valence-electron chi connectivity index (χ3n) is 4.50. The normalized spacial score (nSPS) is 28.0. The first kappa shape index (κ1) is 18.6. The van der Waals surface area contributed by atoms with Crippen molar-refractivity contribution < 1.29 is 21.6 Å². The Kier molecular flexibility index (Phi) is 5.11. The van der Waals surface area contributed by atoms with Crippen molar-refractivity contribution in [2.75, 3.05) is 29.7 Å². The lowest BCUT2D eigenvalue weighted by Gasteiger charge is -2.34. The molecule has 140 valence electrons. The van der Waals surface area contributed by atoms with Crippen molar-refractivity contribution in [2.24, 2.45) is 0 Å². The van der Waals surface area contributed by atoms with Gasteiger partial charge in [0, 0.05) is 19.6 Å². The molecule has 2 saturated heterocycles. The van der Waals surface area contributed by atoms with Gasteiger partial charge in [-0.1, -0.05) is 0 Å². The van der Waals surface area contributed by atoms with Crippen molar-refractivity contribution >= 4 is 25.7 Å². The van der Waals surface area contributed by atoms with E-state index >= 15 is 0 Å². The highest BCUT2D eigenvalue weighted by Crippen LogP contribution is 2.27. The van der Waals surface area contributed by atoms with Crippen molar-refractivity contribution in [1.29, 1.82) is 0 Å². The van der Waals surface area contributed by atoms with E-state index in [2.05, 4.69) is 0 Å². The second kappa shape index (κ2) is 6.86. The van der Waals surface area contributed by atoms with Gasteiger partial charge >= 0.3 is 0 Å². The Morgan fingerprint density at radius 1 is 1.04 bits per heavy atom. The average Bonchev–Trinajstić information content (AvgIpc) is 2.54. The molecule has 0 saturated carbocycles. The number of rotatable bonds is 3. The minimum atomic E-state index is -3.62. The highest BCUT2D eigenvalue weighted by atomic mass is 32.2. The molecule has 0 unspecified atom stereocenters. The van der Waals surface area contributed by atoms with Crippen molar-refractivity contribution in [1.82, 2.24) is 4.31 Å². The van der Waals surface area contributed by atoms with Crippen LogP contribution in [0.1, 0.15) is 26.7 Å². The fourth-order valence-corrected chi connectivity index (χ4v) is 6.57. The first-order chi connectivity index (χ1) is 11.7. The fourth-order valence-electron chi connectivity index (χ4n) is 3.34. The monoisotopic (exact) mass is 388 g/mol. The lowest BCUT2D eigenvalue weighted by molar-refractivity contribution is -0.0440. The standard InChI is InChI=1S/C16H24N2O5S2/c1-13-11-17(12-14(2)23-13)25(21,22)16-7-5-15(6-8-16)18-9-3-4-10-24(18,19)20/h5-8,13-14H,3-4,9-12H2,1-2H3/t13-,14-/m1/s1. The van der Waals surface area contributed by atoms with E-state index in [1.807, 2.05) is 13.8 Å². The molecule has 0 N–H and O–H groups in total. The molecule has 0 aliphatic carbocycles. The zero-order valence-corrected chi connectivity index (χ0v) is 16.1. The number of hydrogen-bond acceptors (Lipinski definition) is 5. The number of anilines is 1. The second-order valence-corrected chi connectivity index (χ2v) is 10.6. The van der Waals surface area contributed by atoms with Crippen molar-refractivity contribution in [2.45, 2.75) is 43.8 Å². The zero-order valence-electron chi connectivity index (χ0n) is 14.5. The molecular formula is C16H24N2O5S2. The molecule has 1 aromatic rings. The molecule has 2 atom stereocenters. The van der Waals surface area contributed by atoms with Gasteiger partial charge in [-0.05, 0) is 51.0 Å². The molecule has 7 nitrogen and oxygen atoms in total. The lowest BCUT2D eigenvalue weighted by atomic mass is 10.3. The minimum Gasteiger partial charge on any atom is -0.373 e. The van der Waals surface area contributed by atoms with Crippen LogP contribution < -0.4 is 4.31 Å². The number of ether oxygens (including phenoxy) is 1. The van der Waals surface area contributed by atoms with E-state index in [1.165, 1.54) is 20.7 Å². The summed E-state index contributed by atoms with van der Waals surface area (Å²) in [5.74, 6) is 0.136. The Labute approximate surface area is 149 Å². The van der Waals surface area contributed by atoms with Crippen LogP contribution in [0.4, 0.5) is 5.69 Å². The van der Waals surface area contributed by atoms with Gasteiger partial charge < -0.3 is 4.74 Å². The van der Waals surface area contributed by atoms with E-state index in [9.17, 15) is 16.8 Å². The summed E-state index contributed by atoms with van der Waals surface area (Å²) in [6.45, 7) is 4.77. The number of benzene rings is 1. The molecule has 1 aromatic carbocycles. The predicted octanol–water partition coefficient (Wildman–Crippen LogP) is 1.41. The SMILES string of the molecule is C[C@@H]1CN(S(=O)(=O)c2ccc(N3CCCCS3(=O)=O)cc2)C[C@@H](C)O1. The van der Waals surface area contributed by atoms with Gasteiger partial charge in [0.05, 0.1) is 28.5 Å². The summed E-state index contributed by atoms with van der Waals surface area (Å²) in [7, 11) is -6.92. The molecular weight excluding hydrogens is 364 g/mol. The molecule has 2 fully saturated rings. The van der Waals surface area contributed by atoms with Crippen LogP contribution in [0.2, 0.25) is 0 Å². The van der Waals surface area contributed by atoms with Crippen LogP contribution in [0, 0.1) is 0 Å². The van der Waals surface area contributed by atoms with E-state index in [1.54, 1.807) is 12.1 Å². The highest BCUT2D eigenvalue weighted by molar-refractivity contribution is 7.92. The van der Waals surface area contributed by atoms with Crippen LogP contribution in [0.15, 0.2) is 29.2 Å². The molecule has 0 amide bonds. The average molecular weight is 389 g/mol. The minimum absolute atomic E-state index is 0.136. The van der Waals surface area contributed by atoms with Crippen LogP contribution in [0.25, 0.3) is 0 Å². The van der Waals surface area contributed by atoms with Crippen LogP contribution in [0.5, 0.6) is 0 Å². The Bertz CT molecular complexity index is 811. The maximum absolute atomic E-state index is 12.8. The molecule has 2 aliphatic heterocycles. The van der Waals surface area contributed by atoms with Gasteiger partial charge in [0.1, 0.15) is 0 Å². The van der Waals surface area contributed by atoms with Crippen LogP contribution >= 0.6 is 0 Å². The first-order valence-corrected chi connectivity index (χ1v) is 11.5.